The second-order valence-corrected chi connectivity index (χ2v) is 5.82. The van der Waals surface area contributed by atoms with E-state index in [4.69, 9.17) is 15.5 Å². The van der Waals surface area contributed by atoms with Crippen LogP contribution in [0.4, 0.5) is 0 Å². The van der Waals surface area contributed by atoms with E-state index in [-0.39, 0.29) is 6.23 Å². The van der Waals surface area contributed by atoms with Crippen LogP contribution in [0.15, 0.2) is 33.1 Å². The van der Waals surface area contributed by atoms with Crippen molar-refractivity contribution in [1.29, 1.82) is 0 Å². The number of aliphatic imine (C=N–C) groups is 1. The highest BCUT2D eigenvalue weighted by Gasteiger charge is 2.18. The van der Waals surface area contributed by atoms with Gasteiger partial charge in [-0.25, -0.2) is 15.0 Å². The number of allylic oxidation sites excluding steroid dienone is 2. The minimum atomic E-state index is -0.129. The van der Waals surface area contributed by atoms with Crippen molar-refractivity contribution in [1.82, 2.24) is 9.97 Å². The van der Waals surface area contributed by atoms with Crippen LogP contribution in [0.2, 0.25) is 0 Å². The molecule has 0 radical (unpaired) electrons. The molecule has 2 N–H and O–H groups in total. The minimum absolute atomic E-state index is 0.129. The van der Waals surface area contributed by atoms with Crippen molar-refractivity contribution in [2.45, 2.75) is 45.8 Å². The van der Waals surface area contributed by atoms with Crippen LogP contribution >= 0.6 is 15.9 Å². The van der Waals surface area contributed by atoms with Crippen molar-refractivity contribution >= 4 is 21.6 Å². The summed E-state index contributed by atoms with van der Waals surface area (Å²) >= 11 is 3.37. The van der Waals surface area contributed by atoms with Gasteiger partial charge in [-0.15, -0.1) is 0 Å². The smallest absolute Gasteiger partial charge is 0.179 e. The third kappa shape index (κ3) is 4.35. The van der Waals surface area contributed by atoms with Gasteiger partial charge in [-0.05, 0) is 60.2 Å². The zero-order chi connectivity index (χ0) is 15.2. The molecule has 0 aromatic carbocycles. The Morgan fingerprint density at radius 2 is 2.33 bits per heavy atom. The van der Waals surface area contributed by atoms with Gasteiger partial charge in [0, 0.05) is 18.5 Å². The van der Waals surface area contributed by atoms with Crippen LogP contribution in [0.3, 0.4) is 0 Å². The molecule has 114 valence electrons. The highest BCUT2D eigenvalue weighted by Crippen LogP contribution is 2.18. The van der Waals surface area contributed by atoms with Crippen molar-refractivity contribution in [2.24, 2.45) is 10.7 Å². The van der Waals surface area contributed by atoms with Crippen molar-refractivity contribution in [3.05, 3.63) is 34.0 Å². The summed E-state index contributed by atoms with van der Waals surface area (Å²) in [5.41, 5.74) is 8.53. The van der Waals surface area contributed by atoms with E-state index in [2.05, 4.69) is 25.9 Å². The molecule has 1 unspecified atom stereocenters. The first-order chi connectivity index (χ1) is 10.1. The first-order valence-corrected chi connectivity index (χ1v) is 8.05. The summed E-state index contributed by atoms with van der Waals surface area (Å²) in [6.45, 7) is 4.74. The number of hydrogen-bond acceptors (Lipinski definition) is 5. The molecule has 1 aromatic heterocycles. The number of rotatable bonds is 4. The monoisotopic (exact) mass is 352 g/mol. The van der Waals surface area contributed by atoms with E-state index in [0.29, 0.717) is 5.82 Å². The molecule has 2 rings (SSSR count). The highest BCUT2D eigenvalue weighted by molar-refractivity contribution is 9.10. The minimum Gasteiger partial charge on any atom is -0.402 e. The zero-order valence-corrected chi connectivity index (χ0v) is 14.1. The van der Waals surface area contributed by atoms with E-state index < -0.39 is 0 Å². The Balaban J connectivity index is 2.41. The van der Waals surface area contributed by atoms with Gasteiger partial charge in [0.25, 0.3) is 0 Å². The fourth-order valence-electron chi connectivity index (χ4n) is 2.16. The summed E-state index contributed by atoms with van der Waals surface area (Å²) in [6, 6.07) is 1.79. The van der Waals surface area contributed by atoms with Crippen LogP contribution in [-0.2, 0) is 4.74 Å². The van der Waals surface area contributed by atoms with Crippen molar-refractivity contribution < 1.29 is 4.74 Å². The number of hydrogen-bond donors (Lipinski definition) is 1. The van der Waals surface area contributed by atoms with E-state index in [9.17, 15) is 0 Å². The first-order valence-electron chi connectivity index (χ1n) is 7.25. The number of nitrogens with two attached hydrogens (primary N) is 1. The molecule has 6 heteroatoms. The number of aromatic nitrogens is 2. The maximum Gasteiger partial charge on any atom is 0.179 e. The van der Waals surface area contributed by atoms with Crippen LogP contribution in [-0.4, -0.2) is 28.5 Å². The Labute approximate surface area is 133 Å². The molecular weight excluding hydrogens is 332 g/mol. The summed E-state index contributed by atoms with van der Waals surface area (Å²) < 4.78 is 6.43. The molecule has 1 aliphatic heterocycles. The summed E-state index contributed by atoms with van der Waals surface area (Å²) in [7, 11) is 0. The first kappa shape index (κ1) is 16.1. The quantitative estimate of drug-likeness (QED) is 0.666. The lowest BCUT2D eigenvalue weighted by Crippen LogP contribution is -2.21. The molecule has 2 heterocycles. The molecule has 1 atom stereocenters. The third-order valence-electron chi connectivity index (χ3n) is 3.48. The van der Waals surface area contributed by atoms with Gasteiger partial charge in [0.15, 0.2) is 5.82 Å². The Morgan fingerprint density at radius 1 is 1.52 bits per heavy atom. The third-order valence-corrected chi connectivity index (χ3v) is 3.92. The molecule has 0 spiro atoms. The van der Waals surface area contributed by atoms with Crippen molar-refractivity contribution in [3.63, 3.8) is 0 Å². The molecule has 5 nitrogen and oxygen atoms in total. The van der Waals surface area contributed by atoms with Gasteiger partial charge in [-0.1, -0.05) is 6.92 Å². The van der Waals surface area contributed by atoms with E-state index in [1.807, 2.05) is 13.8 Å². The maximum atomic E-state index is 6.09. The van der Waals surface area contributed by atoms with Crippen LogP contribution < -0.4 is 5.73 Å². The lowest BCUT2D eigenvalue weighted by Gasteiger charge is -2.20. The molecule has 0 saturated carbocycles. The Morgan fingerprint density at radius 3 is 2.95 bits per heavy atom. The standard InChI is InChI=1S/C15H21BrN4O/c1-3-11(17)10(2)14(15-18-8-7-12(16)19-15)20-13-6-4-5-9-21-13/h7-8,13H,3-6,9,17H2,1-2H3. The van der Waals surface area contributed by atoms with Crippen LogP contribution in [0, 0.1) is 0 Å². The summed E-state index contributed by atoms with van der Waals surface area (Å²) in [5.74, 6) is 0.576. The molecule has 1 fully saturated rings. The van der Waals surface area contributed by atoms with E-state index in [1.54, 1.807) is 12.3 Å². The normalized spacial score (nSPS) is 21.1. The number of nitrogens with zero attached hydrogens (tertiary/aromatic N) is 3. The van der Waals surface area contributed by atoms with Gasteiger partial charge in [0.2, 0.25) is 0 Å². The van der Waals surface area contributed by atoms with Gasteiger partial charge in [0.05, 0.1) is 0 Å². The fraction of sp³-hybridized carbons (Fsp3) is 0.533. The van der Waals surface area contributed by atoms with Gasteiger partial charge < -0.3 is 10.5 Å². The summed E-state index contributed by atoms with van der Waals surface area (Å²) in [4.78, 5) is 13.5. The van der Waals surface area contributed by atoms with Crippen molar-refractivity contribution in [3.8, 4) is 0 Å². The van der Waals surface area contributed by atoms with Gasteiger partial charge >= 0.3 is 0 Å². The lowest BCUT2D eigenvalue weighted by atomic mass is 10.1. The average Bonchev–Trinajstić information content (AvgIpc) is 2.52. The summed E-state index contributed by atoms with van der Waals surface area (Å²) in [6.07, 6.45) is 5.50. The SMILES string of the molecule is CCC(N)=C(C)C(=NC1CCCCO1)c1nccc(Br)n1. The molecule has 1 aliphatic rings. The molecule has 1 saturated heterocycles. The van der Waals surface area contributed by atoms with Crippen molar-refractivity contribution in [2.75, 3.05) is 6.61 Å². The molecule has 0 amide bonds. The Bertz CT molecular complexity index is 550. The summed E-state index contributed by atoms with van der Waals surface area (Å²) in [5, 5.41) is 0. The molecular formula is C15H21BrN4O. The van der Waals surface area contributed by atoms with Gasteiger partial charge in [0.1, 0.15) is 16.5 Å². The lowest BCUT2D eigenvalue weighted by molar-refractivity contribution is 0.0224. The van der Waals surface area contributed by atoms with Crippen LogP contribution in [0.1, 0.15) is 45.4 Å². The largest absolute Gasteiger partial charge is 0.402 e. The number of halogens is 1. The Hall–Kier alpha value is -1.27. The van der Waals surface area contributed by atoms with E-state index >= 15 is 0 Å². The molecule has 1 aromatic rings. The highest BCUT2D eigenvalue weighted by atomic mass is 79.9. The molecule has 21 heavy (non-hydrogen) atoms. The maximum absolute atomic E-state index is 6.09. The number of ether oxygens (including phenoxy) is 1. The Kier molecular flexibility index (Phi) is 5.87. The van der Waals surface area contributed by atoms with Crippen LogP contribution in [0.25, 0.3) is 0 Å². The van der Waals surface area contributed by atoms with Gasteiger partial charge in [-0.2, -0.15) is 0 Å². The average molecular weight is 353 g/mol. The van der Waals surface area contributed by atoms with E-state index in [0.717, 1.165) is 53.9 Å². The van der Waals surface area contributed by atoms with Gasteiger partial charge in [-0.3, -0.25) is 0 Å². The molecule has 0 bridgehead atoms. The molecule has 0 aliphatic carbocycles. The van der Waals surface area contributed by atoms with E-state index in [1.165, 1.54) is 0 Å². The second kappa shape index (κ2) is 7.66. The fourth-order valence-corrected chi connectivity index (χ4v) is 2.45. The van der Waals surface area contributed by atoms with Crippen LogP contribution in [0.5, 0.6) is 0 Å². The second-order valence-electron chi connectivity index (χ2n) is 5.01. The topological polar surface area (TPSA) is 73.4 Å². The predicted molar refractivity (Wildman–Crippen MR) is 87.0 cm³/mol. The predicted octanol–water partition coefficient (Wildman–Crippen LogP) is 3.20. The zero-order valence-electron chi connectivity index (χ0n) is 12.5.